The Morgan fingerprint density at radius 2 is 1.68 bits per heavy atom. The predicted octanol–water partition coefficient (Wildman–Crippen LogP) is 0.305. The summed E-state index contributed by atoms with van der Waals surface area (Å²) < 4.78 is 26.2. The van der Waals surface area contributed by atoms with Crippen LogP contribution >= 0.6 is 0 Å². The van der Waals surface area contributed by atoms with Crippen LogP contribution in [0.4, 0.5) is 0 Å². The van der Waals surface area contributed by atoms with E-state index in [9.17, 15) is 4.79 Å². The van der Waals surface area contributed by atoms with Crippen molar-refractivity contribution in [2.24, 2.45) is 0 Å². The number of carbonyl (C=O) groups excluding carboxylic acids is 1. The SMILES string of the molecule is C=C(C)C(=O)OC(COCC1CO1)COCC1CO1. The number of carbonyl (C=O) groups is 1. The lowest BCUT2D eigenvalue weighted by Gasteiger charge is -2.18. The van der Waals surface area contributed by atoms with Crippen LogP contribution in [0.25, 0.3) is 0 Å². The molecule has 0 aromatic heterocycles. The molecule has 0 amide bonds. The summed E-state index contributed by atoms with van der Waals surface area (Å²) in [7, 11) is 0. The molecule has 2 aliphatic heterocycles. The molecule has 6 nitrogen and oxygen atoms in total. The molecule has 0 aromatic carbocycles. The van der Waals surface area contributed by atoms with E-state index in [4.69, 9.17) is 23.7 Å². The lowest BCUT2D eigenvalue weighted by molar-refractivity contribution is -0.151. The lowest BCUT2D eigenvalue weighted by atomic mass is 10.3. The second-order valence-electron chi connectivity index (χ2n) is 4.79. The molecule has 2 rings (SSSR count). The van der Waals surface area contributed by atoms with Gasteiger partial charge in [-0.05, 0) is 6.92 Å². The van der Waals surface area contributed by atoms with E-state index in [1.165, 1.54) is 0 Å². The number of epoxide rings is 2. The molecule has 2 aliphatic rings. The summed E-state index contributed by atoms with van der Waals surface area (Å²) in [5.41, 5.74) is 0.362. The fourth-order valence-electron chi connectivity index (χ4n) is 1.36. The van der Waals surface area contributed by atoms with Crippen LogP contribution in [0.15, 0.2) is 12.2 Å². The summed E-state index contributed by atoms with van der Waals surface area (Å²) in [6, 6.07) is 0. The van der Waals surface area contributed by atoms with Crippen molar-refractivity contribution in [2.45, 2.75) is 25.2 Å². The zero-order valence-corrected chi connectivity index (χ0v) is 11.1. The smallest absolute Gasteiger partial charge is 0.333 e. The molecule has 6 heteroatoms. The number of ether oxygens (including phenoxy) is 5. The van der Waals surface area contributed by atoms with Crippen molar-refractivity contribution in [3.05, 3.63) is 12.2 Å². The van der Waals surface area contributed by atoms with E-state index in [0.29, 0.717) is 32.0 Å². The largest absolute Gasteiger partial charge is 0.454 e. The van der Waals surface area contributed by atoms with Crippen LogP contribution in [0.1, 0.15) is 6.92 Å². The number of rotatable bonds is 10. The Morgan fingerprint density at radius 1 is 1.21 bits per heavy atom. The Balaban J connectivity index is 1.65. The Morgan fingerprint density at radius 3 is 2.05 bits per heavy atom. The number of esters is 1. The first-order valence-corrected chi connectivity index (χ1v) is 6.40. The monoisotopic (exact) mass is 272 g/mol. The molecule has 0 saturated carbocycles. The van der Waals surface area contributed by atoms with Crippen molar-refractivity contribution >= 4 is 5.97 Å². The molecule has 2 saturated heterocycles. The standard InChI is InChI=1S/C13H20O6/c1-9(2)13(14)19-12(5-15-3-10-7-17-10)6-16-4-11-8-18-11/h10-12H,1,3-8H2,2H3. The van der Waals surface area contributed by atoms with Gasteiger partial charge in [0.1, 0.15) is 18.3 Å². The Bertz CT molecular complexity index is 303. The topological polar surface area (TPSA) is 69.8 Å². The summed E-state index contributed by atoms with van der Waals surface area (Å²) >= 11 is 0. The van der Waals surface area contributed by atoms with Crippen molar-refractivity contribution in [1.82, 2.24) is 0 Å². The molecule has 2 unspecified atom stereocenters. The fraction of sp³-hybridized carbons (Fsp3) is 0.769. The molecule has 2 fully saturated rings. The van der Waals surface area contributed by atoms with E-state index < -0.39 is 12.1 Å². The van der Waals surface area contributed by atoms with Gasteiger partial charge in [0, 0.05) is 5.57 Å². The molecule has 2 heterocycles. The number of hydrogen-bond acceptors (Lipinski definition) is 6. The molecule has 0 aromatic rings. The summed E-state index contributed by atoms with van der Waals surface area (Å²) in [4.78, 5) is 11.5. The Hall–Kier alpha value is -0.950. The third-order valence-electron chi connectivity index (χ3n) is 2.64. The third-order valence-corrected chi connectivity index (χ3v) is 2.64. The van der Waals surface area contributed by atoms with Gasteiger partial charge in [0.2, 0.25) is 0 Å². The van der Waals surface area contributed by atoms with Gasteiger partial charge in [-0.1, -0.05) is 6.58 Å². The first-order valence-electron chi connectivity index (χ1n) is 6.40. The summed E-state index contributed by atoms with van der Waals surface area (Å²) in [6.07, 6.45) is -0.0433. The van der Waals surface area contributed by atoms with Crippen LogP contribution in [0.3, 0.4) is 0 Å². The third kappa shape index (κ3) is 6.15. The van der Waals surface area contributed by atoms with Crippen LogP contribution in [0.5, 0.6) is 0 Å². The average molecular weight is 272 g/mol. The first-order chi connectivity index (χ1) is 9.15. The zero-order valence-electron chi connectivity index (χ0n) is 11.1. The van der Waals surface area contributed by atoms with Crippen LogP contribution in [0, 0.1) is 0 Å². The van der Waals surface area contributed by atoms with Crippen molar-refractivity contribution in [1.29, 1.82) is 0 Å². The van der Waals surface area contributed by atoms with Crippen LogP contribution in [0.2, 0.25) is 0 Å². The molecule has 19 heavy (non-hydrogen) atoms. The quantitative estimate of drug-likeness (QED) is 0.324. The van der Waals surface area contributed by atoms with Gasteiger partial charge in [-0.3, -0.25) is 0 Å². The maximum Gasteiger partial charge on any atom is 0.333 e. The van der Waals surface area contributed by atoms with Gasteiger partial charge in [-0.15, -0.1) is 0 Å². The normalized spacial score (nSPS) is 25.7. The summed E-state index contributed by atoms with van der Waals surface area (Å²) in [5.74, 6) is -0.428. The summed E-state index contributed by atoms with van der Waals surface area (Å²) in [5, 5.41) is 0. The van der Waals surface area contributed by atoms with Gasteiger partial charge >= 0.3 is 5.97 Å². The maximum atomic E-state index is 11.5. The summed E-state index contributed by atoms with van der Waals surface area (Å²) in [6.45, 7) is 8.27. The maximum absolute atomic E-state index is 11.5. The van der Waals surface area contributed by atoms with Gasteiger partial charge < -0.3 is 23.7 Å². The van der Waals surface area contributed by atoms with Crippen molar-refractivity contribution in [3.8, 4) is 0 Å². The minimum Gasteiger partial charge on any atom is -0.454 e. The molecule has 0 bridgehead atoms. The highest BCUT2D eigenvalue weighted by Gasteiger charge is 2.25. The number of hydrogen-bond donors (Lipinski definition) is 0. The fourth-order valence-corrected chi connectivity index (χ4v) is 1.36. The van der Waals surface area contributed by atoms with E-state index in [1.54, 1.807) is 6.92 Å². The molecule has 0 spiro atoms. The second kappa shape index (κ2) is 7.00. The van der Waals surface area contributed by atoms with Crippen LogP contribution < -0.4 is 0 Å². The molecular weight excluding hydrogens is 252 g/mol. The Labute approximate surface area is 112 Å². The minimum absolute atomic E-state index is 0.193. The second-order valence-corrected chi connectivity index (χ2v) is 4.79. The molecule has 0 aliphatic carbocycles. The van der Waals surface area contributed by atoms with Gasteiger partial charge in [0.05, 0.1) is 39.6 Å². The van der Waals surface area contributed by atoms with E-state index in [-0.39, 0.29) is 12.2 Å². The van der Waals surface area contributed by atoms with Gasteiger partial charge in [0.25, 0.3) is 0 Å². The van der Waals surface area contributed by atoms with Gasteiger partial charge in [0.15, 0.2) is 0 Å². The van der Waals surface area contributed by atoms with Gasteiger partial charge in [-0.2, -0.15) is 0 Å². The molecular formula is C13H20O6. The van der Waals surface area contributed by atoms with Crippen molar-refractivity contribution < 1.29 is 28.5 Å². The molecule has 0 radical (unpaired) electrons. The minimum atomic E-state index is -0.429. The molecule has 0 N–H and O–H groups in total. The predicted molar refractivity (Wildman–Crippen MR) is 65.8 cm³/mol. The zero-order chi connectivity index (χ0) is 13.7. The first kappa shape index (κ1) is 14.5. The van der Waals surface area contributed by atoms with Gasteiger partial charge in [-0.25, -0.2) is 4.79 Å². The average Bonchev–Trinajstić information content (AvgIpc) is 3.23. The van der Waals surface area contributed by atoms with E-state index in [0.717, 1.165) is 13.2 Å². The lowest BCUT2D eigenvalue weighted by Crippen LogP contribution is -2.30. The van der Waals surface area contributed by atoms with E-state index >= 15 is 0 Å². The van der Waals surface area contributed by atoms with Crippen LogP contribution in [-0.4, -0.2) is 63.9 Å². The Kier molecular flexibility index (Phi) is 5.33. The highest BCUT2D eigenvalue weighted by atomic mass is 16.6. The highest BCUT2D eigenvalue weighted by Crippen LogP contribution is 2.11. The van der Waals surface area contributed by atoms with E-state index in [2.05, 4.69) is 6.58 Å². The van der Waals surface area contributed by atoms with E-state index in [1.807, 2.05) is 0 Å². The van der Waals surface area contributed by atoms with Crippen molar-refractivity contribution in [3.63, 3.8) is 0 Å². The van der Waals surface area contributed by atoms with Crippen molar-refractivity contribution in [2.75, 3.05) is 39.6 Å². The highest BCUT2D eigenvalue weighted by molar-refractivity contribution is 5.87. The van der Waals surface area contributed by atoms with Crippen LogP contribution in [-0.2, 0) is 28.5 Å². The molecule has 108 valence electrons. The molecule has 2 atom stereocenters.